The van der Waals surface area contributed by atoms with Crippen LogP contribution in [0.4, 0.5) is 0 Å². The number of likely N-dealkylation sites (tertiary alicyclic amines) is 1. The van der Waals surface area contributed by atoms with Gasteiger partial charge in [0.15, 0.2) is 0 Å². The molecule has 1 spiro atoms. The summed E-state index contributed by atoms with van der Waals surface area (Å²) in [5, 5.41) is 9.90. The van der Waals surface area contributed by atoms with Gasteiger partial charge in [-0.1, -0.05) is 42.5 Å². The highest BCUT2D eigenvalue weighted by molar-refractivity contribution is 5.98. The first kappa shape index (κ1) is 33.4. The standard InChI is InChI=1S/C34H47N3O7/c1-8-10-16-25(39)35(7)22(3)28(23-14-12-11-13-15-23)43-32(42)26-24-17-18-34(44-24)27(26)30(40)36(20-21-38)29(34)31(41)37(19-9-2)33(4,5)6/h8-9,11-15,22,24,26-29,38H,1-2,10,16-21H2,3-7H3/t22-,24-,26+,27+,28+,29-,34+/m0/s1. The van der Waals surface area contributed by atoms with Gasteiger partial charge in [-0.05, 0) is 52.5 Å². The molecule has 3 amide bonds. The van der Waals surface area contributed by atoms with Gasteiger partial charge < -0.3 is 29.3 Å². The maximum absolute atomic E-state index is 14.2. The zero-order valence-corrected chi connectivity index (χ0v) is 26.6. The number of allylic oxidation sites excluding steroid dienone is 1. The number of aliphatic hydroxyl groups is 1. The summed E-state index contributed by atoms with van der Waals surface area (Å²) < 4.78 is 12.8. The van der Waals surface area contributed by atoms with Gasteiger partial charge in [0.1, 0.15) is 17.7 Å². The molecule has 2 bridgehead atoms. The average Bonchev–Trinajstić information content (AvgIpc) is 3.63. The molecule has 10 nitrogen and oxygen atoms in total. The molecule has 3 heterocycles. The topological polar surface area (TPSA) is 117 Å². The Morgan fingerprint density at radius 1 is 1.20 bits per heavy atom. The predicted octanol–water partition coefficient (Wildman–Crippen LogP) is 3.26. The van der Waals surface area contributed by atoms with Crippen LogP contribution in [0.2, 0.25) is 0 Å². The first-order chi connectivity index (χ1) is 20.8. The van der Waals surface area contributed by atoms with Crippen LogP contribution in [0.5, 0.6) is 0 Å². The SMILES string of the molecule is C=CCCC(=O)N(C)[C@@H](C)[C@@H](OC(=O)[C@@H]1[C@@H]2CC[C@]3(O2)[C@H](C(=O)N(CC=C)C(C)(C)C)N(CCO)C(=O)[C@@H]13)c1ccccc1. The molecule has 3 aliphatic rings. The molecule has 0 radical (unpaired) electrons. The number of β-amino-alcohol motifs (C(OH)–C–C–N with tert-alkyl or cyclic N) is 1. The fraction of sp³-hybridized carbons (Fsp3) is 0.588. The number of ether oxygens (including phenoxy) is 2. The van der Waals surface area contributed by atoms with Crippen molar-refractivity contribution in [2.45, 2.75) is 88.8 Å². The smallest absolute Gasteiger partial charge is 0.313 e. The van der Waals surface area contributed by atoms with E-state index in [1.54, 1.807) is 29.0 Å². The van der Waals surface area contributed by atoms with Gasteiger partial charge in [0, 0.05) is 32.1 Å². The summed E-state index contributed by atoms with van der Waals surface area (Å²) in [4.78, 5) is 60.0. The largest absolute Gasteiger partial charge is 0.455 e. The molecule has 3 aliphatic heterocycles. The van der Waals surface area contributed by atoms with Crippen LogP contribution in [0, 0.1) is 11.8 Å². The van der Waals surface area contributed by atoms with Gasteiger partial charge in [0.25, 0.3) is 0 Å². The minimum Gasteiger partial charge on any atom is -0.455 e. The molecule has 1 N–H and O–H groups in total. The van der Waals surface area contributed by atoms with Crippen molar-refractivity contribution in [2.75, 3.05) is 26.7 Å². The van der Waals surface area contributed by atoms with Crippen LogP contribution < -0.4 is 0 Å². The van der Waals surface area contributed by atoms with Crippen LogP contribution in [0.3, 0.4) is 0 Å². The number of amides is 3. The summed E-state index contributed by atoms with van der Waals surface area (Å²) in [7, 11) is 1.68. The number of carbonyl (C=O) groups is 4. The van der Waals surface area contributed by atoms with Crippen molar-refractivity contribution in [3.8, 4) is 0 Å². The number of rotatable bonds is 13. The van der Waals surface area contributed by atoms with Gasteiger partial charge in [-0.3, -0.25) is 19.2 Å². The number of likely N-dealkylation sites (N-methyl/N-ethyl adjacent to an activating group) is 1. The highest BCUT2D eigenvalue weighted by atomic mass is 16.6. The lowest BCUT2D eigenvalue weighted by Crippen LogP contribution is -2.60. The van der Waals surface area contributed by atoms with Crippen LogP contribution in [-0.2, 0) is 28.7 Å². The summed E-state index contributed by atoms with van der Waals surface area (Å²) in [6.07, 6.45) is 3.66. The van der Waals surface area contributed by atoms with E-state index in [0.717, 1.165) is 0 Å². The third-order valence-electron chi connectivity index (χ3n) is 9.41. The number of hydrogen-bond acceptors (Lipinski definition) is 7. The molecule has 0 aliphatic carbocycles. The Bertz CT molecular complexity index is 1260. The zero-order chi connectivity index (χ0) is 32.4. The number of fused-ring (bicyclic) bond motifs is 1. The maximum atomic E-state index is 14.2. The molecule has 3 saturated heterocycles. The predicted molar refractivity (Wildman–Crippen MR) is 165 cm³/mol. The second-order valence-electron chi connectivity index (χ2n) is 13.1. The summed E-state index contributed by atoms with van der Waals surface area (Å²) in [6, 6.07) is 7.72. The normalized spacial score (nSPS) is 27.0. The molecule has 1 aromatic rings. The lowest BCUT2D eigenvalue weighted by Gasteiger charge is -2.41. The van der Waals surface area contributed by atoms with E-state index in [-0.39, 0.29) is 37.9 Å². The molecule has 3 fully saturated rings. The molecule has 1 aromatic carbocycles. The van der Waals surface area contributed by atoms with E-state index >= 15 is 0 Å². The molecule has 4 rings (SSSR count). The quantitative estimate of drug-likeness (QED) is 0.270. The van der Waals surface area contributed by atoms with E-state index in [2.05, 4.69) is 13.2 Å². The van der Waals surface area contributed by atoms with E-state index in [1.807, 2.05) is 58.0 Å². The van der Waals surface area contributed by atoms with Crippen molar-refractivity contribution in [1.29, 1.82) is 0 Å². The number of nitrogens with zero attached hydrogens (tertiary/aromatic N) is 3. The van der Waals surface area contributed by atoms with Gasteiger partial charge >= 0.3 is 5.97 Å². The third kappa shape index (κ3) is 5.94. The van der Waals surface area contributed by atoms with Gasteiger partial charge in [0.05, 0.1) is 30.6 Å². The van der Waals surface area contributed by atoms with E-state index in [9.17, 15) is 24.3 Å². The molecule has 240 valence electrons. The van der Waals surface area contributed by atoms with Crippen molar-refractivity contribution in [3.63, 3.8) is 0 Å². The van der Waals surface area contributed by atoms with E-state index in [1.165, 1.54) is 4.90 Å². The monoisotopic (exact) mass is 609 g/mol. The zero-order valence-electron chi connectivity index (χ0n) is 26.6. The summed E-state index contributed by atoms with van der Waals surface area (Å²) >= 11 is 0. The molecular formula is C34H47N3O7. The Morgan fingerprint density at radius 3 is 2.48 bits per heavy atom. The molecule has 44 heavy (non-hydrogen) atoms. The molecule has 10 heteroatoms. The van der Waals surface area contributed by atoms with Gasteiger partial charge in [-0.25, -0.2) is 0 Å². The Labute approximate surface area is 260 Å². The van der Waals surface area contributed by atoms with Gasteiger partial charge in [0.2, 0.25) is 17.7 Å². The van der Waals surface area contributed by atoms with Crippen molar-refractivity contribution in [2.24, 2.45) is 11.8 Å². The third-order valence-corrected chi connectivity index (χ3v) is 9.41. The first-order valence-electron chi connectivity index (χ1n) is 15.5. The van der Waals surface area contributed by atoms with Crippen molar-refractivity contribution >= 4 is 23.7 Å². The lowest BCUT2D eigenvalue weighted by atomic mass is 9.70. The fourth-order valence-electron chi connectivity index (χ4n) is 7.14. The number of aliphatic hydroxyl groups excluding tert-OH is 1. The second-order valence-corrected chi connectivity index (χ2v) is 13.1. The van der Waals surface area contributed by atoms with E-state index in [4.69, 9.17) is 9.47 Å². The first-order valence-corrected chi connectivity index (χ1v) is 15.5. The van der Waals surface area contributed by atoms with Crippen molar-refractivity contribution in [1.82, 2.24) is 14.7 Å². The highest BCUT2D eigenvalue weighted by Crippen LogP contribution is 2.59. The second kappa shape index (κ2) is 13.2. The summed E-state index contributed by atoms with van der Waals surface area (Å²) in [5.41, 5.74) is -1.07. The lowest BCUT2D eigenvalue weighted by molar-refractivity contribution is -0.165. The fourth-order valence-corrected chi connectivity index (χ4v) is 7.14. The molecule has 7 atom stereocenters. The van der Waals surface area contributed by atoms with Gasteiger partial charge in [-0.2, -0.15) is 0 Å². The van der Waals surface area contributed by atoms with Crippen LogP contribution >= 0.6 is 0 Å². The number of hydrogen-bond donors (Lipinski definition) is 1. The summed E-state index contributed by atoms with van der Waals surface area (Å²) in [5.74, 6) is -3.26. The van der Waals surface area contributed by atoms with E-state index in [0.29, 0.717) is 24.8 Å². The Morgan fingerprint density at radius 2 is 1.89 bits per heavy atom. The van der Waals surface area contributed by atoms with E-state index < -0.39 is 59.1 Å². The summed E-state index contributed by atoms with van der Waals surface area (Å²) in [6.45, 7) is 14.9. The average molecular weight is 610 g/mol. The highest BCUT2D eigenvalue weighted by Gasteiger charge is 2.75. The van der Waals surface area contributed by atoms with Crippen LogP contribution in [-0.4, -0.2) is 99.6 Å². The van der Waals surface area contributed by atoms with Gasteiger partial charge in [-0.15, -0.1) is 13.2 Å². The van der Waals surface area contributed by atoms with Crippen molar-refractivity contribution in [3.05, 3.63) is 61.2 Å². The minimum absolute atomic E-state index is 0.0589. The number of benzene rings is 1. The molecule has 0 saturated carbocycles. The number of esters is 1. The Balaban J connectivity index is 1.67. The maximum Gasteiger partial charge on any atom is 0.313 e. The van der Waals surface area contributed by atoms with Crippen molar-refractivity contribution < 1.29 is 33.8 Å². The van der Waals surface area contributed by atoms with Crippen LogP contribution in [0.1, 0.15) is 65.0 Å². The van der Waals surface area contributed by atoms with Crippen LogP contribution in [0.25, 0.3) is 0 Å². The number of carbonyl (C=O) groups excluding carboxylic acids is 4. The Kier molecular flexibility index (Phi) is 10.0. The molecule has 0 unspecified atom stereocenters. The minimum atomic E-state index is -1.21. The molecular weight excluding hydrogens is 562 g/mol. The molecule has 0 aromatic heterocycles. The van der Waals surface area contributed by atoms with Crippen LogP contribution in [0.15, 0.2) is 55.6 Å². The Hall–Kier alpha value is -3.50.